The zero-order valence-electron chi connectivity index (χ0n) is 21.9. The van der Waals surface area contributed by atoms with Crippen LogP contribution in [0.3, 0.4) is 0 Å². The molecule has 0 radical (unpaired) electrons. The van der Waals surface area contributed by atoms with Crippen molar-refractivity contribution in [2.24, 2.45) is 10.4 Å². The lowest BCUT2D eigenvalue weighted by Crippen LogP contribution is -2.55. The number of carbonyl (C=O) groups is 2. The lowest BCUT2D eigenvalue weighted by Gasteiger charge is -2.38. The van der Waals surface area contributed by atoms with Crippen molar-refractivity contribution in [2.75, 3.05) is 18.5 Å². The minimum Gasteiger partial charge on any atom is -0.379 e. The Morgan fingerprint density at radius 1 is 1.18 bits per heavy atom. The van der Waals surface area contributed by atoms with Crippen LogP contribution in [-0.2, 0) is 26.9 Å². The minimum absolute atomic E-state index is 0.0782. The molecule has 2 aromatic carbocycles. The molecular formula is C29H28F3N5O3. The number of anilines is 1. The first-order chi connectivity index (χ1) is 19.0. The van der Waals surface area contributed by atoms with Gasteiger partial charge in [-0.25, -0.2) is 4.68 Å². The second-order valence-corrected chi connectivity index (χ2v) is 10.4. The first-order valence-electron chi connectivity index (χ1n) is 12.7. The number of nitrogens with zero attached hydrogens (tertiary/aromatic N) is 3. The molecule has 0 spiro atoms. The maximum absolute atomic E-state index is 13.0. The molecule has 3 heterocycles. The summed E-state index contributed by atoms with van der Waals surface area (Å²) in [7, 11) is 0. The summed E-state index contributed by atoms with van der Waals surface area (Å²) in [5, 5.41) is 10.4. The molecule has 1 aromatic heterocycles. The van der Waals surface area contributed by atoms with Crippen molar-refractivity contribution >= 4 is 23.7 Å². The maximum Gasteiger partial charge on any atom is 0.416 e. The Kier molecular flexibility index (Phi) is 7.33. The van der Waals surface area contributed by atoms with Crippen LogP contribution in [-0.4, -0.2) is 47.1 Å². The van der Waals surface area contributed by atoms with Crippen molar-refractivity contribution in [1.82, 2.24) is 15.1 Å². The van der Waals surface area contributed by atoms with Gasteiger partial charge in [0.15, 0.2) is 0 Å². The summed E-state index contributed by atoms with van der Waals surface area (Å²) < 4.78 is 45.9. The van der Waals surface area contributed by atoms with Crippen molar-refractivity contribution in [3.63, 3.8) is 0 Å². The quantitative estimate of drug-likeness (QED) is 0.449. The second-order valence-electron chi connectivity index (χ2n) is 10.4. The fourth-order valence-corrected chi connectivity index (χ4v) is 4.62. The molecule has 0 bridgehead atoms. The molecular weight excluding hydrogens is 523 g/mol. The highest BCUT2D eigenvalue weighted by Crippen LogP contribution is 2.31. The minimum atomic E-state index is -4.48. The van der Waals surface area contributed by atoms with Gasteiger partial charge in [-0.15, -0.1) is 0 Å². The first-order valence-corrected chi connectivity index (χ1v) is 12.7. The van der Waals surface area contributed by atoms with Crippen LogP contribution in [0.1, 0.15) is 35.1 Å². The number of aryl methyl sites for hydroxylation is 1. The largest absolute Gasteiger partial charge is 0.416 e. The van der Waals surface area contributed by atoms with E-state index in [9.17, 15) is 22.8 Å². The number of carbonyl (C=O) groups excluding carboxylic acids is 2. The zero-order chi connectivity index (χ0) is 28.5. The molecule has 208 valence electrons. The number of ether oxygens (including phenoxy) is 1. The molecule has 2 unspecified atom stereocenters. The molecule has 8 nitrogen and oxygen atoms in total. The monoisotopic (exact) mass is 551 g/mol. The summed E-state index contributed by atoms with van der Waals surface area (Å²) >= 11 is 0. The normalized spacial score (nSPS) is 19.6. The third kappa shape index (κ3) is 5.84. The highest BCUT2D eigenvalue weighted by molar-refractivity contribution is 5.92. The summed E-state index contributed by atoms with van der Waals surface area (Å²) in [4.78, 5) is 29.7. The smallest absolute Gasteiger partial charge is 0.379 e. The molecule has 1 fully saturated rings. The van der Waals surface area contributed by atoms with Crippen LogP contribution in [0.15, 0.2) is 72.1 Å². The predicted molar refractivity (Wildman–Crippen MR) is 143 cm³/mol. The molecule has 2 aliphatic rings. The van der Waals surface area contributed by atoms with Crippen molar-refractivity contribution < 1.29 is 27.5 Å². The van der Waals surface area contributed by atoms with Gasteiger partial charge in [-0.3, -0.25) is 14.6 Å². The molecule has 2 atom stereocenters. The van der Waals surface area contributed by atoms with Crippen molar-refractivity contribution in [3.8, 4) is 5.69 Å². The molecule has 40 heavy (non-hydrogen) atoms. The molecule has 3 aromatic rings. The summed E-state index contributed by atoms with van der Waals surface area (Å²) in [6.45, 7) is 4.55. The Bertz CT molecular complexity index is 1490. The van der Waals surface area contributed by atoms with Crippen LogP contribution < -0.4 is 10.6 Å². The number of benzene rings is 2. The van der Waals surface area contributed by atoms with E-state index < -0.39 is 23.1 Å². The molecule has 1 saturated heterocycles. The lowest BCUT2D eigenvalue weighted by molar-refractivity contribution is -0.158. The van der Waals surface area contributed by atoms with E-state index in [4.69, 9.17) is 4.74 Å². The highest BCUT2D eigenvalue weighted by atomic mass is 19.4. The Morgan fingerprint density at radius 3 is 2.70 bits per heavy atom. The number of nitrogens with one attached hydrogen (secondary N) is 2. The average Bonchev–Trinajstić information content (AvgIpc) is 3.38. The Hall–Kier alpha value is -4.25. The average molecular weight is 552 g/mol. The number of amides is 2. The van der Waals surface area contributed by atoms with E-state index >= 15 is 0 Å². The molecule has 2 aliphatic heterocycles. The topological polar surface area (TPSA) is 97.6 Å². The van der Waals surface area contributed by atoms with E-state index in [1.54, 1.807) is 35.4 Å². The van der Waals surface area contributed by atoms with E-state index in [1.165, 1.54) is 12.1 Å². The third-order valence-corrected chi connectivity index (χ3v) is 7.05. The molecule has 2 amide bonds. The summed E-state index contributed by atoms with van der Waals surface area (Å²) in [5.74, 6) is -0.752. The standard InChI is InChI=1S/C29H28F3N5O3/c1-18-6-7-22(35-26(38)11-19-4-3-5-21(10-19)29(30,31)32)12-25(18)37-15-20(13-34-37)23-14-33-9-8-24(23)36-27(39)28(2)16-40-17-28/h3-10,12-15,23-24H,11,16-17H2,1-2H3,(H,35,38)(H,36,39). The Balaban J connectivity index is 1.29. The van der Waals surface area contributed by atoms with Gasteiger partial charge in [0.2, 0.25) is 11.8 Å². The van der Waals surface area contributed by atoms with Gasteiger partial charge in [0.05, 0.1) is 48.5 Å². The van der Waals surface area contributed by atoms with Crippen LogP contribution >= 0.6 is 0 Å². The summed E-state index contributed by atoms with van der Waals surface area (Å²) in [6.07, 6.45) is 4.14. The molecule has 2 N–H and O–H groups in total. The van der Waals surface area contributed by atoms with Gasteiger partial charge in [-0.05, 0) is 49.2 Å². The van der Waals surface area contributed by atoms with Crippen LogP contribution in [0.2, 0.25) is 0 Å². The molecule has 0 aliphatic carbocycles. The van der Waals surface area contributed by atoms with E-state index in [2.05, 4.69) is 20.7 Å². The third-order valence-electron chi connectivity index (χ3n) is 7.05. The lowest BCUT2D eigenvalue weighted by atomic mass is 9.86. The number of hydrogen-bond acceptors (Lipinski definition) is 5. The number of rotatable bonds is 7. The van der Waals surface area contributed by atoms with Gasteiger partial charge < -0.3 is 15.4 Å². The molecule has 0 saturated carbocycles. The summed E-state index contributed by atoms with van der Waals surface area (Å²) in [6, 6.07) is 9.72. The van der Waals surface area contributed by atoms with Gasteiger partial charge in [0.25, 0.3) is 0 Å². The number of alkyl halides is 3. The van der Waals surface area contributed by atoms with Crippen LogP contribution in [0, 0.1) is 12.3 Å². The molecule has 5 rings (SSSR count). The zero-order valence-corrected chi connectivity index (χ0v) is 21.9. The van der Waals surface area contributed by atoms with Crippen molar-refractivity contribution in [1.29, 1.82) is 0 Å². The predicted octanol–water partition coefficient (Wildman–Crippen LogP) is 4.58. The van der Waals surface area contributed by atoms with Crippen LogP contribution in [0.25, 0.3) is 5.69 Å². The Morgan fingerprint density at radius 2 is 1.98 bits per heavy atom. The maximum atomic E-state index is 13.0. The van der Waals surface area contributed by atoms with E-state index in [1.807, 2.05) is 32.2 Å². The van der Waals surface area contributed by atoms with Gasteiger partial charge in [0.1, 0.15) is 0 Å². The fourth-order valence-electron chi connectivity index (χ4n) is 4.62. The number of aromatic nitrogens is 2. The van der Waals surface area contributed by atoms with Crippen molar-refractivity contribution in [3.05, 3.63) is 89.4 Å². The SMILES string of the molecule is Cc1ccc(NC(=O)Cc2cccc(C(F)(F)F)c2)cc1-n1cc(C2C=NC=CC2NC(=O)C2(C)COC2)cn1. The van der Waals surface area contributed by atoms with E-state index in [0.717, 1.165) is 23.3 Å². The van der Waals surface area contributed by atoms with Gasteiger partial charge >= 0.3 is 6.18 Å². The van der Waals surface area contributed by atoms with Gasteiger partial charge in [-0.2, -0.15) is 18.3 Å². The van der Waals surface area contributed by atoms with E-state index in [0.29, 0.717) is 24.6 Å². The number of aliphatic imine (C=N–C) groups is 1. The summed E-state index contributed by atoms with van der Waals surface area (Å²) in [5.41, 5.74) is 1.86. The Labute approximate surface area is 228 Å². The number of halogens is 3. The fraction of sp³-hybridized carbons (Fsp3) is 0.310. The second kappa shape index (κ2) is 10.7. The van der Waals surface area contributed by atoms with Crippen LogP contribution in [0.5, 0.6) is 0 Å². The van der Waals surface area contributed by atoms with Crippen LogP contribution in [0.4, 0.5) is 18.9 Å². The van der Waals surface area contributed by atoms with Gasteiger partial charge in [0, 0.05) is 35.8 Å². The number of hydrogen-bond donors (Lipinski definition) is 2. The van der Waals surface area contributed by atoms with E-state index in [-0.39, 0.29) is 29.9 Å². The first kappa shape index (κ1) is 27.3. The highest BCUT2D eigenvalue weighted by Gasteiger charge is 2.42. The molecule has 11 heteroatoms. The van der Waals surface area contributed by atoms with Crippen molar-refractivity contribution in [2.45, 2.75) is 38.4 Å². The van der Waals surface area contributed by atoms with Gasteiger partial charge in [-0.1, -0.05) is 24.3 Å².